The fraction of sp³-hybridized carbons (Fsp3) is 0.364. The molecular weight excluding hydrogens is 256 g/mol. The number of aromatic nitrogens is 3. The lowest BCUT2D eigenvalue weighted by atomic mass is 10.2. The molecule has 2 aromatic rings. The molecular formula is C11H13ClN4O2. The summed E-state index contributed by atoms with van der Waals surface area (Å²) in [5.41, 5.74) is 2.45. The van der Waals surface area contributed by atoms with Crippen LogP contribution in [0.3, 0.4) is 0 Å². The maximum Gasteiger partial charge on any atom is 0.412 e. The largest absolute Gasteiger partial charge is 0.450 e. The van der Waals surface area contributed by atoms with Crippen molar-refractivity contribution in [2.24, 2.45) is 0 Å². The van der Waals surface area contributed by atoms with E-state index in [4.69, 9.17) is 16.3 Å². The monoisotopic (exact) mass is 268 g/mol. The van der Waals surface area contributed by atoms with E-state index in [2.05, 4.69) is 15.4 Å². The van der Waals surface area contributed by atoms with E-state index in [1.807, 2.05) is 13.8 Å². The third kappa shape index (κ3) is 2.24. The highest BCUT2D eigenvalue weighted by atomic mass is 35.5. The predicted octanol–water partition coefficient (Wildman–Crippen LogP) is 2.57. The molecule has 0 aromatic carbocycles. The molecule has 0 aliphatic rings. The van der Waals surface area contributed by atoms with Crippen LogP contribution in [0, 0.1) is 13.8 Å². The third-order valence-corrected chi connectivity index (χ3v) is 2.96. The number of hydrogen-bond donors (Lipinski definition) is 1. The van der Waals surface area contributed by atoms with Crippen LogP contribution in [-0.2, 0) is 4.74 Å². The molecule has 0 spiro atoms. The molecule has 0 aliphatic heterocycles. The van der Waals surface area contributed by atoms with Crippen molar-refractivity contribution in [1.82, 2.24) is 14.6 Å². The number of amides is 1. The van der Waals surface area contributed by atoms with Gasteiger partial charge >= 0.3 is 6.09 Å². The van der Waals surface area contributed by atoms with Gasteiger partial charge in [-0.3, -0.25) is 5.32 Å². The Bertz CT molecular complexity index is 609. The van der Waals surface area contributed by atoms with Gasteiger partial charge in [-0.1, -0.05) is 11.6 Å². The first-order valence-electron chi connectivity index (χ1n) is 5.48. The lowest BCUT2D eigenvalue weighted by Crippen LogP contribution is -2.13. The first-order chi connectivity index (χ1) is 8.52. The maximum atomic E-state index is 11.3. The van der Waals surface area contributed by atoms with Crippen LogP contribution in [0.25, 0.3) is 5.65 Å². The number of hydrogen-bond acceptors (Lipinski definition) is 4. The zero-order valence-electron chi connectivity index (χ0n) is 10.3. The van der Waals surface area contributed by atoms with Crippen LogP contribution < -0.4 is 5.32 Å². The van der Waals surface area contributed by atoms with E-state index in [0.717, 1.165) is 11.1 Å². The molecule has 7 heteroatoms. The summed E-state index contributed by atoms with van der Waals surface area (Å²) in [6, 6.07) is 0. The molecule has 0 atom stereocenters. The number of ether oxygens (including phenoxy) is 1. The van der Waals surface area contributed by atoms with Crippen molar-refractivity contribution in [2.75, 3.05) is 11.9 Å². The normalized spacial score (nSPS) is 10.7. The van der Waals surface area contributed by atoms with Gasteiger partial charge in [-0.25, -0.2) is 14.3 Å². The van der Waals surface area contributed by atoms with Crippen LogP contribution in [0.2, 0.25) is 5.15 Å². The maximum absolute atomic E-state index is 11.3. The first-order valence-corrected chi connectivity index (χ1v) is 5.86. The summed E-state index contributed by atoms with van der Waals surface area (Å²) in [6.07, 6.45) is 1.05. The Morgan fingerprint density at radius 2 is 2.22 bits per heavy atom. The molecule has 6 nitrogen and oxygen atoms in total. The smallest absolute Gasteiger partial charge is 0.412 e. The molecule has 0 saturated heterocycles. The standard InChI is InChI=1S/C11H13ClN4O2/c1-4-18-11(17)14-8-5-16-10(13-8)7(3)6(2)9(12)15-16/h5H,4H2,1-3H3,(H,14,17). The summed E-state index contributed by atoms with van der Waals surface area (Å²) in [5, 5.41) is 7.08. The molecule has 0 fully saturated rings. The Hall–Kier alpha value is -1.82. The number of nitrogens with zero attached hydrogens (tertiary/aromatic N) is 3. The molecule has 18 heavy (non-hydrogen) atoms. The molecule has 2 aromatic heterocycles. The van der Waals surface area contributed by atoms with Crippen molar-refractivity contribution < 1.29 is 9.53 Å². The summed E-state index contributed by atoms with van der Waals surface area (Å²) in [7, 11) is 0. The summed E-state index contributed by atoms with van der Waals surface area (Å²) in [6.45, 7) is 5.82. The number of anilines is 1. The van der Waals surface area contributed by atoms with Crippen LogP contribution in [0.1, 0.15) is 18.1 Å². The van der Waals surface area contributed by atoms with E-state index in [-0.39, 0.29) is 0 Å². The van der Waals surface area contributed by atoms with Gasteiger partial charge in [0.2, 0.25) is 0 Å². The van der Waals surface area contributed by atoms with E-state index in [9.17, 15) is 4.79 Å². The van der Waals surface area contributed by atoms with Crippen LogP contribution >= 0.6 is 11.6 Å². The number of carbonyl (C=O) groups is 1. The number of imidazole rings is 1. The van der Waals surface area contributed by atoms with Gasteiger partial charge < -0.3 is 4.74 Å². The van der Waals surface area contributed by atoms with Crippen LogP contribution in [0.15, 0.2) is 6.20 Å². The average Bonchev–Trinajstić information content (AvgIpc) is 2.69. The van der Waals surface area contributed by atoms with Crippen LogP contribution in [0.5, 0.6) is 0 Å². The molecule has 0 saturated carbocycles. The molecule has 96 valence electrons. The number of carbonyl (C=O) groups excluding carboxylic acids is 1. The van der Waals surface area contributed by atoms with Gasteiger partial charge in [0.15, 0.2) is 16.6 Å². The van der Waals surface area contributed by atoms with Gasteiger partial charge in [-0.15, -0.1) is 0 Å². The lowest BCUT2D eigenvalue weighted by Gasteiger charge is -2.02. The van der Waals surface area contributed by atoms with Gasteiger partial charge in [0.1, 0.15) is 0 Å². The van der Waals surface area contributed by atoms with Crippen molar-refractivity contribution in [2.45, 2.75) is 20.8 Å². The Morgan fingerprint density at radius 1 is 1.50 bits per heavy atom. The molecule has 0 unspecified atom stereocenters. The quantitative estimate of drug-likeness (QED) is 0.909. The van der Waals surface area contributed by atoms with Crippen LogP contribution in [0.4, 0.5) is 10.6 Å². The SMILES string of the molecule is CCOC(=O)Nc1cn2nc(Cl)c(C)c(C)c2n1. The summed E-state index contributed by atoms with van der Waals surface area (Å²) in [5.74, 6) is 0.380. The minimum absolute atomic E-state index is 0.307. The first kappa shape index (κ1) is 12.6. The van der Waals surface area contributed by atoms with Gasteiger partial charge in [0.05, 0.1) is 12.8 Å². The van der Waals surface area contributed by atoms with E-state index in [1.54, 1.807) is 13.1 Å². The van der Waals surface area contributed by atoms with Gasteiger partial charge in [0, 0.05) is 0 Å². The molecule has 2 heterocycles. The summed E-state index contributed by atoms with van der Waals surface area (Å²) >= 11 is 5.99. The van der Waals surface area contributed by atoms with Crippen LogP contribution in [-0.4, -0.2) is 27.3 Å². The summed E-state index contributed by atoms with van der Waals surface area (Å²) in [4.78, 5) is 15.5. The Morgan fingerprint density at radius 3 is 2.89 bits per heavy atom. The van der Waals surface area contributed by atoms with Crippen molar-refractivity contribution in [3.8, 4) is 0 Å². The Balaban J connectivity index is 2.39. The minimum Gasteiger partial charge on any atom is -0.450 e. The Kier molecular flexibility index (Phi) is 3.38. The van der Waals surface area contributed by atoms with Gasteiger partial charge in [-0.05, 0) is 31.9 Å². The second-order valence-corrected chi connectivity index (χ2v) is 4.14. The minimum atomic E-state index is -0.540. The number of rotatable bonds is 2. The van der Waals surface area contributed by atoms with E-state index >= 15 is 0 Å². The zero-order chi connectivity index (χ0) is 13.3. The summed E-state index contributed by atoms with van der Waals surface area (Å²) < 4.78 is 6.31. The Labute approximate surface area is 109 Å². The van der Waals surface area contributed by atoms with Crippen molar-refractivity contribution in [3.63, 3.8) is 0 Å². The molecule has 2 rings (SSSR count). The van der Waals surface area contributed by atoms with E-state index in [0.29, 0.717) is 23.2 Å². The topological polar surface area (TPSA) is 68.5 Å². The fourth-order valence-electron chi connectivity index (χ4n) is 1.53. The highest BCUT2D eigenvalue weighted by Gasteiger charge is 2.12. The fourth-order valence-corrected chi connectivity index (χ4v) is 1.75. The lowest BCUT2D eigenvalue weighted by molar-refractivity contribution is 0.168. The highest BCUT2D eigenvalue weighted by molar-refractivity contribution is 6.30. The molecule has 0 bridgehead atoms. The van der Waals surface area contributed by atoms with E-state index in [1.165, 1.54) is 4.52 Å². The van der Waals surface area contributed by atoms with Gasteiger partial charge in [0.25, 0.3) is 0 Å². The van der Waals surface area contributed by atoms with Gasteiger partial charge in [-0.2, -0.15) is 5.10 Å². The van der Waals surface area contributed by atoms with E-state index < -0.39 is 6.09 Å². The molecule has 0 radical (unpaired) electrons. The van der Waals surface area contributed by atoms with Crippen molar-refractivity contribution >= 4 is 29.2 Å². The average molecular weight is 269 g/mol. The molecule has 0 aliphatic carbocycles. The number of nitrogens with one attached hydrogen (secondary N) is 1. The molecule has 1 amide bonds. The number of aryl methyl sites for hydroxylation is 1. The highest BCUT2D eigenvalue weighted by Crippen LogP contribution is 2.21. The molecule has 1 N–H and O–H groups in total. The van der Waals surface area contributed by atoms with Crippen molar-refractivity contribution in [1.29, 1.82) is 0 Å². The van der Waals surface area contributed by atoms with Crippen molar-refractivity contribution in [3.05, 3.63) is 22.5 Å². The second kappa shape index (κ2) is 4.81. The third-order valence-electron chi connectivity index (χ3n) is 2.60. The predicted molar refractivity (Wildman–Crippen MR) is 68.1 cm³/mol. The number of fused-ring (bicyclic) bond motifs is 1. The second-order valence-electron chi connectivity index (χ2n) is 3.78. The number of halogens is 1. The zero-order valence-corrected chi connectivity index (χ0v) is 11.1.